The fourth-order valence-corrected chi connectivity index (χ4v) is 2.02. The molecule has 0 saturated heterocycles. The van der Waals surface area contributed by atoms with E-state index in [2.05, 4.69) is 10.3 Å². The number of aromatic nitrogens is 2. The lowest BCUT2D eigenvalue weighted by Crippen LogP contribution is -2.09. The van der Waals surface area contributed by atoms with Crippen molar-refractivity contribution in [2.24, 2.45) is 0 Å². The van der Waals surface area contributed by atoms with Gasteiger partial charge in [0.25, 0.3) is 0 Å². The van der Waals surface area contributed by atoms with E-state index in [1.807, 2.05) is 40.9 Å². The van der Waals surface area contributed by atoms with Gasteiger partial charge in [-0.3, -0.25) is 4.40 Å². The lowest BCUT2D eigenvalue weighted by atomic mass is 10.3. The Labute approximate surface area is 110 Å². The molecule has 3 aromatic rings. The molecule has 0 spiro atoms. The maximum atomic E-state index is 5.45. The summed E-state index contributed by atoms with van der Waals surface area (Å²) in [5.41, 5.74) is 1.70. The van der Waals surface area contributed by atoms with Crippen molar-refractivity contribution in [2.45, 2.75) is 0 Å². The molecule has 0 bridgehead atoms. The van der Waals surface area contributed by atoms with Crippen LogP contribution in [-0.2, 0) is 4.74 Å². The fourth-order valence-electron chi connectivity index (χ4n) is 2.02. The zero-order valence-electron chi connectivity index (χ0n) is 10.7. The predicted octanol–water partition coefficient (Wildman–Crippen LogP) is 2.65. The van der Waals surface area contributed by atoms with Crippen LogP contribution in [-0.4, -0.2) is 29.6 Å². The Balaban J connectivity index is 2.06. The van der Waals surface area contributed by atoms with Crippen LogP contribution in [0.3, 0.4) is 0 Å². The molecule has 3 heterocycles. The number of hydrogen-bond donors (Lipinski definition) is 1. The second kappa shape index (κ2) is 5.16. The van der Waals surface area contributed by atoms with Gasteiger partial charge in [0.2, 0.25) is 0 Å². The van der Waals surface area contributed by atoms with Gasteiger partial charge in [0.1, 0.15) is 17.2 Å². The second-order valence-corrected chi connectivity index (χ2v) is 4.13. The average molecular weight is 257 g/mol. The summed E-state index contributed by atoms with van der Waals surface area (Å²) in [6.45, 7) is 1.35. The van der Waals surface area contributed by atoms with Gasteiger partial charge in [-0.15, -0.1) is 0 Å². The average Bonchev–Trinajstić information content (AvgIpc) is 3.06. The Morgan fingerprint density at radius 1 is 1.32 bits per heavy atom. The minimum atomic E-state index is 0.637. The van der Waals surface area contributed by atoms with Crippen LogP contribution in [0.25, 0.3) is 17.1 Å². The van der Waals surface area contributed by atoms with Crippen molar-refractivity contribution in [2.75, 3.05) is 25.6 Å². The first kappa shape index (κ1) is 11.8. The van der Waals surface area contributed by atoms with Crippen LogP contribution in [0.1, 0.15) is 0 Å². The second-order valence-electron chi connectivity index (χ2n) is 4.13. The number of furan rings is 1. The van der Waals surface area contributed by atoms with E-state index in [4.69, 9.17) is 9.15 Å². The van der Waals surface area contributed by atoms with Crippen LogP contribution in [0, 0.1) is 0 Å². The lowest BCUT2D eigenvalue weighted by molar-refractivity contribution is 0.210. The number of nitrogens with one attached hydrogen (secondary N) is 1. The summed E-state index contributed by atoms with van der Waals surface area (Å²) in [6.07, 6.45) is 3.63. The SMILES string of the molecule is COCCNc1c(-c2ccco2)nc2ccccn12. The van der Waals surface area contributed by atoms with Crippen molar-refractivity contribution in [3.8, 4) is 11.5 Å². The lowest BCUT2D eigenvalue weighted by Gasteiger charge is -2.06. The fraction of sp³-hybridized carbons (Fsp3) is 0.214. The van der Waals surface area contributed by atoms with Gasteiger partial charge in [-0.25, -0.2) is 4.98 Å². The van der Waals surface area contributed by atoms with E-state index < -0.39 is 0 Å². The summed E-state index contributed by atoms with van der Waals surface area (Å²) in [4.78, 5) is 4.60. The van der Waals surface area contributed by atoms with Gasteiger partial charge in [0, 0.05) is 19.9 Å². The topological polar surface area (TPSA) is 51.7 Å². The summed E-state index contributed by atoms with van der Waals surface area (Å²) in [7, 11) is 1.68. The van der Waals surface area contributed by atoms with Crippen molar-refractivity contribution in [1.82, 2.24) is 9.38 Å². The first-order chi connectivity index (χ1) is 9.40. The van der Waals surface area contributed by atoms with Crippen molar-refractivity contribution in [1.29, 1.82) is 0 Å². The third-order valence-corrected chi connectivity index (χ3v) is 2.88. The Kier molecular flexibility index (Phi) is 3.20. The molecule has 0 unspecified atom stereocenters. The molecule has 5 nitrogen and oxygen atoms in total. The Hall–Kier alpha value is -2.27. The summed E-state index contributed by atoms with van der Waals surface area (Å²) in [6, 6.07) is 9.67. The molecule has 0 aliphatic heterocycles. The Morgan fingerprint density at radius 3 is 3.05 bits per heavy atom. The highest BCUT2D eigenvalue weighted by Gasteiger charge is 2.15. The highest BCUT2D eigenvalue weighted by Crippen LogP contribution is 2.28. The molecule has 0 radical (unpaired) electrons. The van der Waals surface area contributed by atoms with Crippen molar-refractivity contribution >= 4 is 11.5 Å². The van der Waals surface area contributed by atoms with Gasteiger partial charge < -0.3 is 14.5 Å². The largest absolute Gasteiger partial charge is 0.463 e. The van der Waals surface area contributed by atoms with Crippen LogP contribution < -0.4 is 5.32 Å². The number of fused-ring (bicyclic) bond motifs is 1. The highest BCUT2D eigenvalue weighted by molar-refractivity contribution is 5.73. The molecule has 19 heavy (non-hydrogen) atoms. The van der Waals surface area contributed by atoms with Gasteiger partial charge in [0.15, 0.2) is 5.76 Å². The monoisotopic (exact) mass is 257 g/mol. The van der Waals surface area contributed by atoms with Crippen LogP contribution in [0.4, 0.5) is 5.82 Å². The minimum Gasteiger partial charge on any atom is -0.463 e. The molecular formula is C14H15N3O2. The smallest absolute Gasteiger partial charge is 0.156 e. The Morgan fingerprint density at radius 2 is 2.26 bits per heavy atom. The van der Waals surface area contributed by atoms with E-state index in [1.165, 1.54) is 0 Å². The molecule has 3 aromatic heterocycles. The zero-order valence-corrected chi connectivity index (χ0v) is 10.7. The van der Waals surface area contributed by atoms with E-state index in [0.717, 1.165) is 22.9 Å². The molecule has 98 valence electrons. The maximum Gasteiger partial charge on any atom is 0.156 e. The minimum absolute atomic E-state index is 0.637. The number of nitrogens with zero attached hydrogens (tertiary/aromatic N) is 2. The molecule has 0 aromatic carbocycles. The molecule has 0 aliphatic rings. The van der Waals surface area contributed by atoms with E-state index in [1.54, 1.807) is 13.4 Å². The number of rotatable bonds is 5. The van der Waals surface area contributed by atoms with Gasteiger partial charge >= 0.3 is 0 Å². The third kappa shape index (κ3) is 2.20. The summed E-state index contributed by atoms with van der Waals surface area (Å²) < 4.78 is 12.5. The molecule has 0 fully saturated rings. The third-order valence-electron chi connectivity index (χ3n) is 2.88. The number of anilines is 1. The first-order valence-electron chi connectivity index (χ1n) is 6.14. The summed E-state index contributed by atoms with van der Waals surface area (Å²) >= 11 is 0. The van der Waals surface area contributed by atoms with Crippen molar-refractivity contribution < 1.29 is 9.15 Å². The van der Waals surface area contributed by atoms with Crippen LogP contribution in [0.15, 0.2) is 47.2 Å². The molecule has 0 amide bonds. The maximum absolute atomic E-state index is 5.45. The normalized spacial score (nSPS) is 11.0. The van der Waals surface area contributed by atoms with Gasteiger partial charge in [-0.2, -0.15) is 0 Å². The molecule has 3 rings (SSSR count). The van der Waals surface area contributed by atoms with E-state index in [-0.39, 0.29) is 0 Å². The van der Waals surface area contributed by atoms with Crippen LogP contribution >= 0.6 is 0 Å². The molecule has 1 N–H and O–H groups in total. The van der Waals surface area contributed by atoms with Crippen molar-refractivity contribution in [3.63, 3.8) is 0 Å². The first-order valence-corrected chi connectivity index (χ1v) is 6.14. The predicted molar refractivity (Wildman–Crippen MR) is 73.3 cm³/mol. The number of pyridine rings is 1. The molecular weight excluding hydrogens is 242 g/mol. The zero-order chi connectivity index (χ0) is 13.1. The van der Waals surface area contributed by atoms with E-state index >= 15 is 0 Å². The number of imidazole rings is 1. The van der Waals surface area contributed by atoms with Gasteiger partial charge in [0.05, 0.1) is 12.9 Å². The Bertz CT molecular complexity index is 658. The van der Waals surface area contributed by atoms with Crippen LogP contribution in [0.5, 0.6) is 0 Å². The molecule has 0 atom stereocenters. The van der Waals surface area contributed by atoms with E-state index in [0.29, 0.717) is 13.2 Å². The van der Waals surface area contributed by atoms with Crippen LogP contribution in [0.2, 0.25) is 0 Å². The summed E-state index contributed by atoms with van der Waals surface area (Å²) in [5.74, 6) is 1.67. The number of hydrogen-bond acceptors (Lipinski definition) is 4. The van der Waals surface area contributed by atoms with Gasteiger partial charge in [-0.1, -0.05) is 6.07 Å². The highest BCUT2D eigenvalue weighted by atomic mass is 16.5. The summed E-state index contributed by atoms with van der Waals surface area (Å²) in [5, 5.41) is 3.34. The van der Waals surface area contributed by atoms with Gasteiger partial charge in [-0.05, 0) is 24.3 Å². The number of methoxy groups -OCH3 is 1. The molecule has 0 saturated carbocycles. The number of ether oxygens (including phenoxy) is 1. The molecule has 0 aliphatic carbocycles. The van der Waals surface area contributed by atoms with Crippen molar-refractivity contribution in [3.05, 3.63) is 42.8 Å². The van der Waals surface area contributed by atoms with E-state index in [9.17, 15) is 0 Å². The molecule has 5 heteroatoms. The standard InChI is InChI=1S/C14H15N3O2/c1-18-10-7-15-14-13(11-5-4-9-19-11)16-12-6-2-3-8-17(12)14/h2-6,8-9,15H,7,10H2,1H3. The quantitative estimate of drug-likeness (QED) is 0.714.